The summed E-state index contributed by atoms with van der Waals surface area (Å²) in [4.78, 5) is 22.5. The molecule has 6 heteroatoms. The van der Waals surface area contributed by atoms with Crippen molar-refractivity contribution in [3.05, 3.63) is 59.3 Å². The third-order valence-electron chi connectivity index (χ3n) is 3.26. The molecule has 1 aromatic heterocycles. The lowest BCUT2D eigenvalue weighted by molar-refractivity contribution is -0.121. The summed E-state index contributed by atoms with van der Waals surface area (Å²) in [6, 6.07) is 8.87. The Bertz CT molecular complexity index is 663. The average Bonchev–Trinajstić information content (AvgIpc) is 2.95. The minimum atomic E-state index is -1.15. The van der Waals surface area contributed by atoms with Gasteiger partial charge in [-0.15, -0.1) is 0 Å². The summed E-state index contributed by atoms with van der Waals surface area (Å²) in [6.07, 6.45) is 0.248. The van der Waals surface area contributed by atoms with Crippen LogP contribution in [0.5, 0.6) is 0 Å². The Morgan fingerprint density at radius 2 is 1.91 bits per heavy atom. The third kappa shape index (κ3) is 4.18. The largest absolute Gasteiger partial charge is 0.475 e. The van der Waals surface area contributed by atoms with Crippen molar-refractivity contribution >= 4 is 11.9 Å². The minimum Gasteiger partial charge on any atom is -0.475 e. The van der Waals surface area contributed by atoms with E-state index in [9.17, 15) is 14.0 Å². The number of amides is 1. The van der Waals surface area contributed by atoms with Crippen LogP contribution in [0.3, 0.4) is 0 Å². The zero-order valence-corrected chi connectivity index (χ0v) is 12.0. The van der Waals surface area contributed by atoms with E-state index in [1.807, 2.05) is 6.92 Å². The summed E-state index contributed by atoms with van der Waals surface area (Å²) in [5.74, 6) is -1.49. The van der Waals surface area contributed by atoms with E-state index in [0.29, 0.717) is 5.76 Å². The number of hydrogen-bond acceptors (Lipinski definition) is 3. The number of nitrogens with one attached hydrogen (secondary N) is 1. The van der Waals surface area contributed by atoms with Gasteiger partial charge in [0, 0.05) is 6.42 Å². The quantitative estimate of drug-likeness (QED) is 0.860. The second kappa shape index (κ2) is 6.89. The van der Waals surface area contributed by atoms with Crippen molar-refractivity contribution in [1.29, 1.82) is 0 Å². The number of furan rings is 1. The molecule has 0 aliphatic heterocycles. The molecular formula is C16H16FNO4. The Hall–Kier alpha value is -2.63. The molecule has 5 nitrogen and oxygen atoms in total. The Kier molecular flexibility index (Phi) is 4.93. The summed E-state index contributed by atoms with van der Waals surface area (Å²) in [5, 5.41) is 11.4. The second-order valence-electron chi connectivity index (χ2n) is 5.00. The van der Waals surface area contributed by atoms with E-state index >= 15 is 0 Å². The van der Waals surface area contributed by atoms with Crippen LogP contribution in [0.4, 0.5) is 4.39 Å². The highest BCUT2D eigenvalue weighted by atomic mass is 19.1. The van der Waals surface area contributed by atoms with Gasteiger partial charge >= 0.3 is 5.97 Å². The van der Waals surface area contributed by atoms with Crippen molar-refractivity contribution in [2.24, 2.45) is 0 Å². The molecule has 0 fully saturated rings. The molecule has 0 saturated carbocycles. The maximum Gasteiger partial charge on any atom is 0.371 e. The number of carbonyl (C=O) groups is 2. The second-order valence-corrected chi connectivity index (χ2v) is 5.00. The first-order valence-corrected chi connectivity index (χ1v) is 6.80. The van der Waals surface area contributed by atoms with Crippen molar-refractivity contribution in [2.45, 2.75) is 25.8 Å². The van der Waals surface area contributed by atoms with Crippen LogP contribution in [0.15, 0.2) is 40.8 Å². The van der Waals surface area contributed by atoms with Crippen LogP contribution in [-0.2, 0) is 11.3 Å². The van der Waals surface area contributed by atoms with Gasteiger partial charge in [-0.05, 0) is 35.7 Å². The summed E-state index contributed by atoms with van der Waals surface area (Å²) >= 11 is 0. The van der Waals surface area contributed by atoms with Crippen LogP contribution < -0.4 is 5.32 Å². The average molecular weight is 305 g/mol. The van der Waals surface area contributed by atoms with Gasteiger partial charge in [-0.2, -0.15) is 0 Å². The Balaban J connectivity index is 1.84. The smallest absolute Gasteiger partial charge is 0.371 e. The van der Waals surface area contributed by atoms with Crippen LogP contribution in [-0.4, -0.2) is 17.0 Å². The molecule has 0 aliphatic rings. The van der Waals surface area contributed by atoms with Crippen LogP contribution in [0.2, 0.25) is 0 Å². The van der Waals surface area contributed by atoms with Gasteiger partial charge in [0.25, 0.3) is 0 Å². The van der Waals surface area contributed by atoms with Gasteiger partial charge < -0.3 is 14.8 Å². The highest BCUT2D eigenvalue weighted by Crippen LogP contribution is 2.19. The van der Waals surface area contributed by atoms with Crippen molar-refractivity contribution in [2.75, 3.05) is 0 Å². The predicted octanol–water partition coefficient (Wildman–Crippen LogP) is 2.93. The summed E-state index contributed by atoms with van der Waals surface area (Å²) in [7, 11) is 0. The molecule has 1 unspecified atom stereocenters. The predicted molar refractivity (Wildman–Crippen MR) is 76.9 cm³/mol. The molecule has 1 heterocycles. The van der Waals surface area contributed by atoms with E-state index in [-0.39, 0.29) is 36.4 Å². The van der Waals surface area contributed by atoms with Gasteiger partial charge in [0.2, 0.25) is 11.7 Å². The zero-order chi connectivity index (χ0) is 16.1. The Labute approximate surface area is 126 Å². The number of halogens is 1. The topological polar surface area (TPSA) is 79.5 Å². The van der Waals surface area contributed by atoms with E-state index in [0.717, 1.165) is 5.56 Å². The van der Waals surface area contributed by atoms with Crippen LogP contribution in [0, 0.1) is 5.82 Å². The molecule has 0 saturated heterocycles. The zero-order valence-electron chi connectivity index (χ0n) is 12.0. The first-order valence-electron chi connectivity index (χ1n) is 6.80. The number of carbonyl (C=O) groups excluding carboxylic acids is 1. The molecule has 2 rings (SSSR count). The van der Waals surface area contributed by atoms with E-state index in [4.69, 9.17) is 9.52 Å². The number of carboxylic acid groups (broad SMARTS) is 1. The van der Waals surface area contributed by atoms with Gasteiger partial charge in [0.1, 0.15) is 11.6 Å². The fraction of sp³-hybridized carbons (Fsp3) is 0.250. The fourth-order valence-corrected chi connectivity index (χ4v) is 2.03. The number of aromatic carboxylic acids is 1. The van der Waals surface area contributed by atoms with Crippen molar-refractivity contribution in [3.63, 3.8) is 0 Å². The molecule has 0 bridgehead atoms. The third-order valence-corrected chi connectivity index (χ3v) is 3.26. The molecule has 22 heavy (non-hydrogen) atoms. The SMILES string of the molecule is CC(CC(=O)NCc1ccc(C(=O)O)o1)c1ccc(F)cc1. The van der Waals surface area contributed by atoms with Crippen LogP contribution >= 0.6 is 0 Å². The number of carboxylic acids is 1. The number of benzene rings is 1. The molecule has 0 spiro atoms. The summed E-state index contributed by atoms with van der Waals surface area (Å²) in [6.45, 7) is 2.00. The Morgan fingerprint density at radius 3 is 2.50 bits per heavy atom. The molecule has 116 valence electrons. The lowest BCUT2D eigenvalue weighted by atomic mass is 9.97. The van der Waals surface area contributed by atoms with E-state index in [1.54, 1.807) is 12.1 Å². The monoisotopic (exact) mass is 305 g/mol. The Morgan fingerprint density at radius 1 is 1.23 bits per heavy atom. The molecule has 1 atom stereocenters. The first-order chi connectivity index (χ1) is 10.5. The number of hydrogen-bond donors (Lipinski definition) is 2. The molecule has 2 aromatic rings. The van der Waals surface area contributed by atoms with Gasteiger partial charge in [0.15, 0.2) is 0 Å². The maximum absolute atomic E-state index is 12.8. The molecular weight excluding hydrogens is 289 g/mol. The van der Waals surface area contributed by atoms with Gasteiger partial charge in [-0.3, -0.25) is 4.79 Å². The summed E-state index contributed by atoms with van der Waals surface area (Å²) < 4.78 is 17.9. The van der Waals surface area contributed by atoms with E-state index in [2.05, 4.69) is 5.32 Å². The van der Waals surface area contributed by atoms with Gasteiger partial charge in [0.05, 0.1) is 6.54 Å². The van der Waals surface area contributed by atoms with Crippen LogP contribution in [0.1, 0.15) is 41.1 Å². The maximum atomic E-state index is 12.8. The fourth-order valence-electron chi connectivity index (χ4n) is 2.03. The van der Waals surface area contributed by atoms with Gasteiger partial charge in [-0.25, -0.2) is 9.18 Å². The lowest BCUT2D eigenvalue weighted by Gasteiger charge is -2.11. The molecule has 1 amide bonds. The highest BCUT2D eigenvalue weighted by Gasteiger charge is 2.13. The molecule has 0 radical (unpaired) electrons. The van der Waals surface area contributed by atoms with Crippen molar-refractivity contribution in [3.8, 4) is 0 Å². The molecule has 2 N–H and O–H groups in total. The standard InChI is InChI=1S/C16H16FNO4/c1-10(11-2-4-12(17)5-3-11)8-15(19)18-9-13-6-7-14(22-13)16(20)21/h2-7,10H,8-9H2,1H3,(H,18,19)(H,20,21). The van der Waals surface area contributed by atoms with Crippen LogP contribution in [0.25, 0.3) is 0 Å². The highest BCUT2D eigenvalue weighted by molar-refractivity contribution is 5.84. The summed E-state index contributed by atoms with van der Waals surface area (Å²) in [5.41, 5.74) is 0.878. The lowest BCUT2D eigenvalue weighted by Crippen LogP contribution is -2.23. The number of rotatable bonds is 6. The normalized spacial score (nSPS) is 11.9. The first kappa shape index (κ1) is 15.8. The van der Waals surface area contributed by atoms with Crippen molar-refractivity contribution in [1.82, 2.24) is 5.32 Å². The minimum absolute atomic E-state index is 0.0493. The van der Waals surface area contributed by atoms with E-state index < -0.39 is 5.97 Å². The van der Waals surface area contributed by atoms with Gasteiger partial charge in [-0.1, -0.05) is 19.1 Å². The van der Waals surface area contributed by atoms with Crippen molar-refractivity contribution < 1.29 is 23.5 Å². The van der Waals surface area contributed by atoms with E-state index in [1.165, 1.54) is 24.3 Å². The molecule has 0 aliphatic carbocycles. The molecule has 1 aromatic carbocycles.